The lowest BCUT2D eigenvalue weighted by Crippen LogP contribution is -2.50. The van der Waals surface area contributed by atoms with Crippen molar-refractivity contribution < 1.29 is 14.0 Å². The molecule has 29 heavy (non-hydrogen) atoms. The number of rotatable bonds is 8. The molecular weight excluding hydrogens is 414 g/mol. The van der Waals surface area contributed by atoms with Crippen LogP contribution in [0.5, 0.6) is 0 Å². The Morgan fingerprint density at radius 2 is 1.69 bits per heavy atom. The predicted molar refractivity (Wildman–Crippen MR) is 114 cm³/mol. The molecule has 2 aromatic carbocycles. The number of carbonyl (C=O) groups is 2. The van der Waals surface area contributed by atoms with Gasteiger partial charge in [-0.1, -0.05) is 54.4 Å². The molecule has 0 spiro atoms. The highest BCUT2D eigenvalue weighted by molar-refractivity contribution is 6.36. The molecule has 2 rings (SSSR count). The van der Waals surface area contributed by atoms with Gasteiger partial charge in [-0.3, -0.25) is 9.59 Å². The molecule has 0 aliphatic carbocycles. The topological polar surface area (TPSA) is 49.4 Å². The number of hydrogen-bond donors (Lipinski definition) is 1. The number of nitrogens with one attached hydrogen (secondary N) is 1. The Morgan fingerprint density at radius 1 is 1.07 bits per heavy atom. The first-order chi connectivity index (χ1) is 13.7. The van der Waals surface area contributed by atoms with Gasteiger partial charge in [0.15, 0.2) is 0 Å². The summed E-state index contributed by atoms with van der Waals surface area (Å²) < 4.78 is 14.1. The summed E-state index contributed by atoms with van der Waals surface area (Å²) in [6.07, 6.45) is 0.591. The van der Waals surface area contributed by atoms with E-state index in [0.29, 0.717) is 15.6 Å². The number of hydrogen-bond acceptors (Lipinski definition) is 2. The summed E-state index contributed by atoms with van der Waals surface area (Å²) in [5, 5.41) is 3.68. The van der Waals surface area contributed by atoms with Gasteiger partial charge in [0.25, 0.3) is 0 Å². The van der Waals surface area contributed by atoms with Crippen LogP contribution in [0.2, 0.25) is 10.0 Å². The van der Waals surface area contributed by atoms with E-state index in [0.717, 1.165) is 6.42 Å². The number of amides is 2. The van der Waals surface area contributed by atoms with Crippen LogP contribution in [0.25, 0.3) is 0 Å². The molecule has 4 nitrogen and oxygen atoms in total. The van der Waals surface area contributed by atoms with Gasteiger partial charge in [0.2, 0.25) is 11.8 Å². The fraction of sp³-hybridized carbons (Fsp3) is 0.364. The van der Waals surface area contributed by atoms with Gasteiger partial charge in [-0.25, -0.2) is 4.39 Å². The Labute approximate surface area is 181 Å². The third-order valence-electron chi connectivity index (χ3n) is 4.86. The molecule has 0 fully saturated rings. The molecule has 2 aromatic rings. The summed E-state index contributed by atoms with van der Waals surface area (Å²) >= 11 is 12.5. The highest BCUT2D eigenvalue weighted by atomic mass is 35.5. The van der Waals surface area contributed by atoms with Gasteiger partial charge >= 0.3 is 0 Å². The number of nitrogens with zero attached hydrogens (tertiary/aromatic N) is 1. The van der Waals surface area contributed by atoms with Crippen molar-refractivity contribution in [1.29, 1.82) is 0 Å². The molecule has 2 atom stereocenters. The maximum Gasteiger partial charge on any atom is 0.242 e. The normalized spacial score (nSPS) is 12.9. The molecule has 0 heterocycles. The van der Waals surface area contributed by atoms with Gasteiger partial charge < -0.3 is 10.2 Å². The van der Waals surface area contributed by atoms with E-state index in [1.165, 1.54) is 11.0 Å². The monoisotopic (exact) mass is 438 g/mol. The molecule has 0 radical (unpaired) electrons. The van der Waals surface area contributed by atoms with Crippen molar-refractivity contribution in [2.75, 3.05) is 0 Å². The minimum Gasteiger partial charge on any atom is -0.352 e. The summed E-state index contributed by atoms with van der Waals surface area (Å²) in [7, 11) is 0. The van der Waals surface area contributed by atoms with Crippen LogP contribution in [0.3, 0.4) is 0 Å². The van der Waals surface area contributed by atoms with Crippen LogP contribution in [-0.2, 0) is 22.6 Å². The molecule has 0 aliphatic heterocycles. The number of carbonyl (C=O) groups excluding carboxylic acids is 2. The van der Waals surface area contributed by atoms with Crippen LogP contribution in [-0.4, -0.2) is 28.8 Å². The molecule has 0 aliphatic rings. The summed E-state index contributed by atoms with van der Waals surface area (Å²) in [5.41, 5.74) is 0.809. The highest BCUT2D eigenvalue weighted by Gasteiger charge is 2.28. The number of benzene rings is 2. The average molecular weight is 439 g/mol. The minimum atomic E-state index is -0.782. The molecule has 0 saturated carbocycles. The maximum atomic E-state index is 14.1. The summed E-state index contributed by atoms with van der Waals surface area (Å²) in [5.74, 6) is -1.14. The SMILES string of the molecule is CC[C@H](C)NC(=O)[C@@H](C)N(Cc1c(Cl)cccc1Cl)C(=O)Cc1ccccc1F. The van der Waals surface area contributed by atoms with E-state index in [1.807, 2.05) is 13.8 Å². The van der Waals surface area contributed by atoms with Crippen molar-refractivity contribution in [1.82, 2.24) is 10.2 Å². The van der Waals surface area contributed by atoms with Gasteiger partial charge in [0, 0.05) is 28.2 Å². The maximum absolute atomic E-state index is 14.1. The van der Waals surface area contributed by atoms with Crippen LogP contribution in [0, 0.1) is 5.82 Å². The third kappa shape index (κ3) is 6.18. The molecule has 0 saturated heterocycles. The quantitative estimate of drug-likeness (QED) is 0.629. The van der Waals surface area contributed by atoms with E-state index in [1.54, 1.807) is 43.3 Å². The van der Waals surface area contributed by atoms with Crippen molar-refractivity contribution in [3.8, 4) is 0 Å². The zero-order valence-corrected chi connectivity index (χ0v) is 18.2. The molecule has 1 N–H and O–H groups in total. The Balaban J connectivity index is 2.32. The smallest absolute Gasteiger partial charge is 0.242 e. The summed E-state index contributed by atoms with van der Waals surface area (Å²) in [6, 6.07) is 10.3. The van der Waals surface area contributed by atoms with E-state index < -0.39 is 17.8 Å². The lowest BCUT2D eigenvalue weighted by molar-refractivity contribution is -0.140. The Bertz CT molecular complexity index is 855. The minimum absolute atomic E-state index is 0.0302. The molecule has 0 unspecified atom stereocenters. The highest BCUT2D eigenvalue weighted by Crippen LogP contribution is 2.27. The zero-order valence-electron chi connectivity index (χ0n) is 16.7. The number of halogens is 3. The van der Waals surface area contributed by atoms with Gasteiger partial charge in [0.1, 0.15) is 11.9 Å². The van der Waals surface area contributed by atoms with Crippen molar-refractivity contribution >= 4 is 35.0 Å². The molecule has 156 valence electrons. The van der Waals surface area contributed by atoms with Crippen molar-refractivity contribution in [2.24, 2.45) is 0 Å². The first kappa shape index (κ1) is 23.2. The van der Waals surface area contributed by atoms with Crippen LogP contribution in [0.4, 0.5) is 4.39 Å². The predicted octanol–water partition coefficient (Wildman–Crippen LogP) is 5.01. The second-order valence-corrected chi connectivity index (χ2v) is 7.80. The Kier molecular flexibility index (Phi) is 8.47. The summed E-state index contributed by atoms with van der Waals surface area (Å²) in [4.78, 5) is 27.2. The van der Waals surface area contributed by atoms with Crippen LogP contribution < -0.4 is 5.32 Å². The molecule has 2 amide bonds. The van der Waals surface area contributed by atoms with E-state index in [2.05, 4.69) is 5.32 Å². The Morgan fingerprint density at radius 3 is 2.28 bits per heavy atom. The second-order valence-electron chi connectivity index (χ2n) is 6.98. The summed E-state index contributed by atoms with van der Waals surface area (Å²) in [6.45, 7) is 5.53. The van der Waals surface area contributed by atoms with Crippen molar-refractivity contribution in [3.63, 3.8) is 0 Å². The fourth-order valence-corrected chi connectivity index (χ4v) is 3.33. The van der Waals surface area contributed by atoms with Gasteiger partial charge in [0.05, 0.1) is 6.42 Å². The third-order valence-corrected chi connectivity index (χ3v) is 5.57. The first-order valence-corrected chi connectivity index (χ1v) is 10.3. The van der Waals surface area contributed by atoms with Gasteiger partial charge in [-0.15, -0.1) is 0 Å². The standard InChI is InChI=1S/C22H25Cl2FN2O2/c1-4-14(2)26-22(29)15(3)27(13-17-18(23)9-7-10-19(17)24)21(28)12-16-8-5-6-11-20(16)25/h5-11,14-15H,4,12-13H2,1-3H3,(H,26,29)/t14-,15+/m0/s1. The molecule has 0 aromatic heterocycles. The van der Waals surface area contributed by atoms with E-state index >= 15 is 0 Å². The largest absolute Gasteiger partial charge is 0.352 e. The van der Waals surface area contributed by atoms with Gasteiger partial charge in [-0.05, 0) is 44.0 Å². The van der Waals surface area contributed by atoms with Gasteiger partial charge in [-0.2, -0.15) is 0 Å². The van der Waals surface area contributed by atoms with Crippen LogP contribution >= 0.6 is 23.2 Å². The second kappa shape index (κ2) is 10.6. The lowest BCUT2D eigenvalue weighted by Gasteiger charge is -2.30. The van der Waals surface area contributed by atoms with E-state index in [4.69, 9.17) is 23.2 Å². The van der Waals surface area contributed by atoms with Crippen LogP contribution in [0.1, 0.15) is 38.3 Å². The Hall–Kier alpha value is -2.11. The van der Waals surface area contributed by atoms with E-state index in [9.17, 15) is 14.0 Å². The average Bonchev–Trinajstić information content (AvgIpc) is 2.68. The molecular formula is C22H25Cl2FN2O2. The molecule has 0 bridgehead atoms. The lowest BCUT2D eigenvalue weighted by atomic mass is 10.1. The first-order valence-electron chi connectivity index (χ1n) is 9.50. The van der Waals surface area contributed by atoms with E-state index in [-0.39, 0.29) is 30.5 Å². The van der Waals surface area contributed by atoms with Crippen molar-refractivity contribution in [3.05, 3.63) is 69.5 Å². The van der Waals surface area contributed by atoms with Crippen molar-refractivity contribution in [2.45, 2.75) is 52.2 Å². The van der Waals surface area contributed by atoms with Crippen LogP contribution in [0.15, 0.2) is 42.5 Å². The zero-order chi connectivity index (χ0) is 21.6. The molecule has 7 heteroatoms. The fourth-order valence-electron chi connectivity index (χ4n) is 2.81.